The molecule has 0 unspecified atom stereocenters. The number of aromatic nitrogens is 2. The Morgan fingerprint density at radius 3 is 1.81 bits per heavy atom. The molecule has 0 amide bonds. The molecule has 3 aliphatic carbocycles. The first kappa shape index (κ1) is 44.1. The van der Waals surface area contributed by atoms with Crippen molar-refractivity contribution in [2.45, 2.75) is 90.4 Å². The van der Waals surface area contributed by atoms with Crippen molar-refractivity contribution in [3.63, 3.8) is 0 Å². The number of anilines is 4. The molecule has 13 rings (SSSR count). The minimum atomic E-state index is -0.113. The van der Waals surface area contributed by atoms with E-state index in [1.165, 1.54) is 67.1 Å². The van der Waals surface area contributed by atoms with E-state index in [9.17, 15) is 0 Å². The Morgan fingerprint density at radius 2 is 1.15 bits per heavy atom. The van der Waals surface area contributed by atoms with E-state index in [0.29, 0.717) is 11.5 Å². The molecule has 0 atom stereocenters. The van der Waals surface area contributed by atoms with Crippen LogP contribution in [0.25, 0.3) is 27.6 Å². The average Bonchev–Trinajstić information content (AvgIpc) is 3.87. The van der Waals surface area contributed by atoms with Gasteiger partial charge in [-0.05, 0) is 96.0 Å². The Morgan fingerprint density at radius 1 is 0.529 bits per heavy atom. The third-order valence-electron chi connectivity index (χ3n) is 14.3. The minimum absolute atomic E-state index is 0. The van der Waals surface area contributed by atoms with Crippen LogP contribution in [0.2, 0.25) is 0 Å². The number of benzene rings is 7. The van der Waals surface area contributed by atoms with Gasteiger partial charge < -0.3 is 19.1 Å². The molecular formula is C62H55N4OPt-3. The molecule has 0 saturated heterocycles. The predicted molar refractivity (Wildman–Crippen MR) is 275 cm³/mol. The number of rotatable bonds is 5. The topological polar surface area (TPSA) is 33.5 Å². The van der Waals surface area contributed by atoms with Crippen LogP contribution in [0.4, 0.5) is 22.7 Å². The summed E-state index contributed by atoms with van der Waals surface area (Å²) >= 11 is 0. The van der Waals surface area contributed by atoms with E-state index in [2.05, 4.69) is 229 Å². The van der Waals surface area contributed by atoms with Crippen LogP contribution < -0.4 is 14.5 Å². The Balaban J connectivity index is 0.00000507. The molecule has 0 spiro atoms. The molecule has 2 aromatic heterocycles. The van der Waals surface area contributed by atoms with Crippen molar-refractivity contribution in [3.8, 4) is 17.3 Å². The molecule has 0 saturated carbocycles. The number of para-hydroxylation sites is 2. The molecule has 7 aromatic carbocycles. The van der Waals surface area contributed by atoms with Crippen molar-refractivity contribution in [3.05, 3.63) is 221 Å². The summed E-state index contributed by atoms with van der Waals surface area (Å²) < 4.78 is 9.05. The normalized spacial score (nSPS) is 16.1. The van der Waals surface area contributed by atoms with Gasteiger partial charge in [-0.3, -0.25) is 0 Å². The molecule has 5 nitrogen and oxygen atoms in total. The molecule has 342 valence electrons. The molecule has 4 aliphatic rings. The SMILES string of the molecule is CC(C)(C)c1ccnc(-n2c3[c-]c(Oc4[c-]c(N5[CH-]N(c6c(C(C)(C)C)cccc6C(C)(C)C)c6ccc7c(c65)C5c6ccccc6C7c6ccccc65)ccc4)ccc3c3ccccc32)c1.[Pt]. The number of pyridine rings is 1. The second-order valence-electron chi connectivity index (χ2n) is 21.7. The maximum absolute atomic E-state index is 6.83. The minimum Gasteiger partial charge on any atom is -0.509 e. The van der Waals surface area contributed by atoms with Gasteiger partial charge in [0.1, 0.15) is 5.82 Å². The van der Waals surface area contributed by atoms with Crippen LogP contribution in [0.1, 0.15) is 124 Å². The Bertz CT molecular complexity index is 3390. The summed E-state index contributed by atoms with van der Waals surface area (Å²) in [6.07, 6.45) is 1.91. The zero-order valence-electron chi connectivity index (χ0n) is 40.2. The fraction of sp³-hybridized carbons (Fsp3) is 0.226. The molecular weight excluding hydrogens is 1010 g/mol. The molecule has 0 radical (unpaired) electrons. The van der Waals surface area contributed by atoms with Gasteiger partial charge in [0.15, 0.2) is 0 Å². The van der Waals surface area contributed by atoms with Gasteiger partial charge in [-0.25, -0.2) is 4.98 Å². The quantitative estimate of drug-likeness (QED) is 0.161. The average molecular weight is 1070 g/mol. The number of fused-ring (bicyclic) bond motifs is 4. The van der Waals surface area contributed by atoms with Gasteiger partial charge in [-0.15, -0.1) is 48.1 Å². The number of hydrogen-bond acceptors (Lipinski definition) is 4. The first-order valence-electron chi connectivity index (χ1n) is 23.7. The number of nitrogens with zero attached hydrogens (tertiary/aromatic N) is 4. The van der Waals surface area contributed by atoms with E-state index < -0.39 is 0 Å². The Hall–Kier alpha value is -6.42. The van der Waals surface area contributed by atoms with Gasteiger partial charge in [-0.2, -0.15) is 12.1 Å². The van der Waals surface area contributed by atoms with Crippen molar-refractivity contribution in [2.24, 2.45) is 0 Å². The van der Waals surface area contributed by atoms with Gasteiger partial charge in [-0.1, -0.05) is 159 Å². The molecule has 9 aromatic rings. The maximum atomic E-state index is 6.83. The molecule has 0 fully saturated rings. The van der Waals surface area contributed by atoms with Crippen molar-refractivity contribution < 1.29 is 25.8 Å². The number of ether oxygens (including phenoxy) is 1. The smallest absolute Gasteiger partial charge is 0.135 e. The van der Waals surface area contributed by atoms with Crippen LogP contribution >= 0.6 is 0 Å². The summed E-state index contributed by atoms with van der Waals surface area (Å²) in [4.78, 5) is 9.76. The predicted octanol–water partition coefficient (Wildman–Crippen LogP) is 15.9. The van der Waals surface area contributed by atoms with Crippen LogP contribution in [0.5, 0.6) is 11.5 Å². The zero-order chi connectivity index (χ0) is 46.1. The van der Waals surface area contributed by atoms with Crippen molar-refractivity contribution >= 4 is 44.6 Å². The van der Waals surface area contributed by atoms with Crippen LogP contribution in [0.15, 0.2) is 152 Å². The van der Waals surface area contributed by atoms with E-state index in [0.717, 1.165) is 33.3 Å². The van der Waals surface area contributed by atoms with Crippen molar-refractivity contribution in [1.82, 2.24) is 9.55 Å². The van der Waals surface area contributed by atoms with E-state index in [1.807, 2.05) is 18.3 Å². The van der Waals surface area contributed by atoms with E-state index in [1.54, 1.807) is 0 Å². The largest absolute Gasteiger partial charge is 0.509 e. The third kappa shape index (κ3) is 6.86. The molecule has 68 heavy (non-hydrogen) atoms. The number of hydrogen-bond donors (Lipinski definition) is 0. The monoisotopic (exact) mass is 1070 g/mol. The molecule has 2 bridgehead atoms. The van der Waals surface area contributed by atoms with Crippen molar-refractivity contribution in [1.29, 1.82) is 0 Å². The zero-order valence-corrected chi connectivity index (χ0v) is 42.5. The van der Waals surface area contributed by atoms with Crippen LogP contribution in [-0.2, 0) is 37.3 Å². The van der Waals surface area contributed by atoms with E-state index in [-0.39, 0.29) is 49.1 Å². The molecule has 1 aliphatic heterocycles. The van der Waals surface area contributed by atoms with Gasteiger partial charge in [0.2, 0.25) is 0 Å². The summed E-state index contributed by atoms with van der Waals surface area (Å²) in [5, 5.41) is 2.24. The third-order valence-corrected chi connectivity index (χ3v) is 14.3. The second-order valence-corrected chi connectivity index (χ2v) is 21.7. The van der Waals surface area contributed by atoms with Gasteiger partial charge in [0, 0.05) is 73.2 Å². The van der Waals surface area contributed by atoms with E-state index >= 15 is 0 Å². The fourth-order valence-corrected chi connectivity index (χ4v) is 11.2. The summed E-state index contributed by atoms with van der Waals surface area (Å²) in [6, 6.07) is 60.6. The maximum Gasteiger partial charge on any atom is 0.135 e. The summed E-state index contributed by atoms with van der Waals surface area (Å²) in [6.45, 7) is 23.0. The van der Waals surface area contributed by atoms with Crippen LogP contribution in [-0.4, -0.2) is 9.55 Å². The molecule has 0 N–H and O–H groups in total. The van der Waals surface area contributed by atoms with Gasteiger partial charge in [0.25, 0.3) is 0 Å². The fourth-order valence-electron chi connectivity index (χ4n) is 11.2. The first-order valence-corrected chi connectivity index (χ1v) is 23.7. The summed E-state index contributed by atoms with van der Waals surface area (Å²) in [5.74, 6) is 2.31. The standard InChI is InChI=1S/C62H55N4O.Pt/c1-60(2,3)38-32-33-63-54(34-38)66-51-27-15-14-20-42(51)43-29-28-41(36-53(43)66)67-40-19-16-18-39(35-40)64-37-65(58-49(61(4,5)6)25-17-26-50(58)62(7,8)9)52-31-30-48-55-44-21-10-12-23-46(44)56(57(48)59(52)64)47-24-13-11-22-45(47)55;/h10-34,37,55-56H,1-9H3;/q-3;. The summed E-state index contributed by atoms with van der Waals surface area (Å²) in [5.41, 5.74) is 18.4. The van der Waals surface area contributed by atoms with Crippen LogP contribution in [0, 0.1) is 18.8 Å². The first-order chi connectivity index (χ1) is 32.1. The Kier molecular flexibility index (Phi) is 10.3. The second kappa shape index (κ2) is 15.8. The molecule has 3 heterocycles. The van der Waals surface area contributed by atoms with Gasteiger partial charge in [0.05, 0.1) is 0 Å². The summed E-state index contributed by atoms with van der Waals surface area (Å²) in [7, 11) is 0. The van der Waals surface area contributed by atoms with Crippen LogP contribution in [0.3, 0.4) is 0 Å². The van der Waals surface area contributed by atoms with E-state index in [4.69, 9.17) is 9.72 Å². The van der Waals surface area contributed by atoms with Gasteiger partial charge >= 0.3 is 0 Å². The van der Waals surface area contributed by atoms with Crippen molar-refractivity contribution in [2.75, 3.05) is 9.80 Å². The molecule has 6 heteroatoms. The Labute approximate surface area is 415 Å².